The molecule has 0 bridgehead atoms. The van der Waals surface area contributed by atoms with E-state index in [2.05, 4.69) is 10.2 Å². The molecule has 8 heteroatoms. The van der Waals surface area contributed by atoms with Gasteiger partial charge in [0.25, 0.3) is 5.88 Å². The summed E-state index contributed by atoms with van der Waals surface area (Å²) in [6, 6.07) is 1.37. The van der Waals surface area contributed by atoms with Crippen LogP contribution in [0.3, 0.4) is 0 Å². The van der Waals surface area contributed by atoms with Crippen LogP contribution in [-0.2, 0) is 0 Å². The van der Waals surface area contributed by atoms with Crippen LogP contribution in [0.25, 0.3) is 0 Å². The number of ether oxygens (including phenoxy) is 2. The first-order valence-electron chi connectivity index (χ1n) is 4.71. The number of hydrazine groups is 1. The van der Waals surface area contributed by atoms with Crippen LogP contribution in [-0.4, -0.2) is 28.4 Å². The van der Waals surface area contributed by atoms with Crippen molar-refractivity contribution in [3.63, 3.8) is 0 Å². The summed E-state index contributed by atoms with van der Waals surface area (Å²) in [5, 5.41) is 16.7. The van der Waals surface area contributed by atoms with E-state index in [1.165, 1.54) is 6.07 Å². The Morgan fingerprint density at radius 3 is 2.62 bits per heavy atom. The highest BCUT2D eigenvalue weighted by Crippen LogP contribution is 2.25. The molecule has 0 fully saturated rings. The fraction of sp³-hybridized carbons (Fsp3) is 0.500. The Labute approximate surface area is 91.7 Å². The second kappa shape index (κ2) is 5.69. The number of nitrogens with zero attached hydrogens (tertiary/aromatic N) is 3. The van der Waals surface area contributed by atoms with Crippen LogP contribution >= 0.6 is 0 Å². The van der Waals surface area contributed by atoms with E-state index >= 15 is 0 Å². The van der Waals surface area contributed by atoms with Crippen LogP contribution in [0.4, 0.5) is 5.82 Å². The first-order chi connectivity index (χ1) is 7.67. The van der Waals surface area contributed by atoms with Crippen LogP contribution < -0.4 is 14.9 Å². The summed E-state index contributed by atoms with van der Waals surface area (Å²) in [7, 11) is 0. The van der Waals surface area contributed by atoms with E-state index in [1.807, 2.05) is 5.43 Å². The van der Waals surface area contributed by atoms with Gasteiger partial charge in [0, 0.05) is 6.07 Å². The molecule has 0 aliphatic heterocycles. The molecule has 0 radical (unpaired) electrons. The van der Waals surface area contributed by atoms with Gasteiger partial charge in [-0.3, -0.25) is 0 Å². The van der Waals surface area contributed by atoms with Gasteiger partial charge in [-0.25, -0.2) is 10.1 Å². The molecule has 1 rings (SSSR count). The number of nitro groups is 1. The number of rotatable bonds is 6. The number of nitrogens with one attached hydrogen (secondary N) is 1. The Kier molecular flexibility index (Phi) is 4.25. The summed E-state index contributed by atoms with van der Waals surface area (Å²) in [5.74, 6) is 0.541. The minimum atomic E-state index is -0.722. The summed E-state index contributed by atoms with van der Waals surface area (Å²) in [6.07, 6.45) is 0. The van der Waals surface area contributed by atoms with Gasteiger partial charge in [0.1, 0.15) is 0 Å². The second-order valence-electron chi connectivity index (χ2n) is 2.63. The highest BCUT2D eigenvalue weighted by molar-refractivity contribution is 5.43. The molecule has 0 aliphatic rings. The van der Waals surface area contributed by atoms with Crippen molar-refractivity contribution in [2.45, 2.75) is 13.8 Å². The molecule has 0 spiro atoms. The van der Waals surface area contributed by atoms with E-state index in [1.54, 1.807) is 13.8 Å². The maximum Gasteiger partial charge on any atom is 0.276 e. The molecule has 0 saturated heterocycles. The number of hydrogen-bond donors (Lipinski definition) is 1. The first kappa shape index (κ1) is 12.0. The Bertz CT molecular complexity index is 371. The molecule has 88 valence electrons. The first-order valence-corrected chi connectivity index (χ1v) is 4.71. The summed E-state index contributed by atoms with van der Waals surface area (Å²) in [4.78, 5) is 10.2. The zero-order valence-electron chi connectivity index (χ0n) is 8.97. The molecule has 0 unspecified atom stereocenters. The van der Waals surface area contributed by atoms with E-state index in [-0.39, 0.29) is 11.7 Å². The quantitative estimate of drug-likeness (QED) is 0.569. The molecule has 1 N–H and O–H groups in total. The highest BCUT2D eigenvalue weighted by atomic mass is 16.7. The maximum atomic E-state index is 10.2. The number of hydrogen-bond acceptors (Lipinski definition) is 6. The largest absolute Gasteiger partial charge is 0.488 e. The third-order valence-corrected chi connectivity index (χ3v) is 1.51. The molecule has 0 saturated carbocycles. The molecular formula is C8H12N4O4. The number of aromatic nitrogens is 2. The van der Waals surface area contributed by atoms with E-state index in [9.17, 15) is 10.1 Å². The van der Waals surface area contributed by atoms with E-state index in [0.29, 0.717) is 19.0 Å². The predicted octanol–water partition coefficient (Wildman–Crippen LogP) is 0.878. The zero-order valence-corrected chi connectivity index (χ0v) is 8.97. The van der Waals surface area contributed by atoms with E-state index in [4.69, 9.17) is 9.47 Å². The monoisotopic (exact) mass is 228 g/mol. The lowest BCUT2D eigenvalue weighted by Gasteiger charge is -2.08. The molecule has 1 heterocycles. The molecule has 1 aromatic rings. The van der Waals surface area contributed by atoms with E-state index in [0.717, 1.165) is 0 Å². The Morgan fingerprint density at radius 2 is 2.06 bits per heavy atom. The molecule has 0 amide bonds. The zero-order chi connectivity index (χ0) is 12.0. The molecule has 0 aliphatic carbocycles. The van der Waals surface area contributed by atoms with Gasteiger partial charge < -0.3 is 9.47 Å². The van der Waals surface area contributed by atoms with Gasteiger partial charge in [0.15, 0.2) is 10.8 Å². The van der Waals surface area contributed by atoms with Crippen LogP contribution in [0.15, 0.2) is 6.07 Å². The number of anilines is 1. The fourth-order valence-corrected chi connectivity index (χ4v) is 1.01. The van der Waals surface area contributed by atoms with Crippen LogP contribution in [0.1, 0.15) is 13.8 Å². The molecule has 1 aromatic heterocycles. The SMILES string of the molecule is CCOc1cc(N[N+](=O)[O-])nnc1OCC. The third-order valence-electron chi connectivity index (χ3n) is 1.51. The van der Waals surface area contributed by atoms with Crippen LogP contribution in [0.2, 0.25) is 0 Å². The summed E-state index contributed by atoms with van der Waals surface area (Å²) < 4.78 is 10.4. The minimum absolute atomic E-state index is 0.00287. The van der Waals surface area contributed by atoms with Gasteiger partial charge in [0.05, 0.1) is 13.2 Å². The van der Waals surface area contributed by atoms with Gasteiger partial charge in [0.2, 0.25) is 5.82 Å². The smallest absolute Gasteiger partial charge is 0.276 e. The molecule has 8 nitrogen and oxygen atoms in total. The van der Waals surface area contributed by atoms with Crippen molar-refractivity contribution in [3.8, 4) is 11.6 Å². The van der Waals surface area contributed by atoms with Gasteiger partial charge in [-0.2, -0.15) is 0 Å². The van der Waals surface area contributed by atoms with E-state index < -0.39 is 5.03 Å². The van der Waals surface area contributed by atoms with Gasteiger partial charge in [-0.15, -0.1) is 10.2 Å². The molecule has 0 atom stereocenters. The predicted molar refractivity (Wildman–Crippen MR) is 55.0 cm³/mol. The lowest BCUT2D eigenvalue weighted by atomic mass is 10.4. The van der Waals surface area contributed by atoms with Crippen molar-refractivity contribution in [2.75, 3.05) is 18.6 Å². The summed E-state index contributed by atoms with van der Waals surface area (Å²) in [6.45, 7) is 4.40. The summed E-state index contributed by atoms with van der Waals surface area (Å²) in [5.41, 5.74) is 1.89. The van der Waals surface area contributed by atoms with Crippen molar-refractivity contribution in [3.05, 3.63) is 16.2 Å². The van der Waals surface area contributed by atoms with Crippen molar-refractivity contribution >= 4 is 5.82 Å². The average Bonchev–Trinajstić information content (AvgIpc) is 2.21. The third kappa shape index (κ3) is 3.23. The lowest BCUT2D eigenvalue weighted by molar-refractivity contribution is -0.445. The molecular weight excluding hydrogens is 216 g/mol. The standard InChI is InChI=1S/C8H12N4O4/c1-3-15-6-5-7(11-12(13)14)9-10-8(6)16-4-2/h5H,3-4H2,1-2H3,(H,9,11). The Hall–Kier alpha value is -2.12. The minimum Gasteiger partial charge on any atom is -0.488 e. The van der Waals surface area contributed by atoms with Crippen molar-refractivity contribution in [1.29, 1.82) is 0 Å². The fourth-order valence-electron chi connectivity index (χ4n) is 1.01. The lowest BCUT2D eigenvalue weighted by Crippen LogP contribution is -2.11. The van der Waals surface area contributed by atoms with Gasteiger partial charge in [-0.1, -0.05) is 5.43 Å². The normalized spacial score (nSPS) is 9.62. The molecule has 16 heavy (non-hydrogen) atoms. The molecule has 0 aromatic carbocycles. The Morgan fingerprint density at radius 1 is 1.38 bits per heavy atom. The van der Waals surface area contributed by atoms with Gasteiger partial charge in [-0.05, 0) is 13.8 Å². The topological polar surface area (TPSA) is 99.4 Å². The van der Waals surface area contributed by atoms with Crippen LogP contribution in [0, 0.1) is 10.1 Å². The highest BCUT2D eigenvalue weighted by Gasteiger charge is 2.11. The van der Waals surface area contributed by atoms with Crippen molar-refractivity contribution in [1.82, 2.24) is 10.2 Å². The maximum absolute atomic E-state index is 10.2. The average molecular weight is 228 g/mol. The second-order valence-corrected chi connectivity index (χ2v) is 2.63. The van der Waals surface area contributed by atoms with Crippen molar-refractivity contribution in [2.24, 2.45) is 0 Å². The Balaban J connectivity index is 2.92. The van der Waals surface area contributed by atoms with Gasteiger partial charge >= 0.3 is 0 Å². The van der Waals surface area contributed by atoms with Crippen LogP contribution in [0.5, 0.6) is 11.6 Å². The van der Waals surface area contributed by atoms with Crippen molar-refractivity contribution < 1.29 is 14.5 Å². The summed E-state index contributed by atoms with van der Waals surface area (Å²) >= 11 is 0.